The SMILES string of the molecule is COC(=O)N1CCN(C(=O)Cc2ccc(OC)c(Br)c2)CC1. The molecule has 0 unspecified atom stereocenters. The third-order valence-corrected chi connectivity index (χ3v) is 4.26. The largest absolute Gasteiger partial charge is 0.496 e. The summed E-state index contributed by atoms with van der Waals surface area (Å²) in [6.45, 7) is 2.08. The number of ether oxygens (including phenoxy) is 2. The summed E-state index contributed by atoms with van der Waals surface area (Å²) in [5.41, 5.74) is 0.924. The summed E-state index contributed by atoms with van der Waals surface area (Å²) in [6.07, 6.45) is -0.00735. The monoisotopic (exact) mass is 370 g/mol. The molecule has 1 aliphatic rings. The second kappa shape index (κ2) is 7.49. The zero-order valence-corrected chi connectivity index (χ0v) is 14.3. The van der Waals surface area contributed by atoms with Gasteiger partial charge in [-0.1, -0.05) is 6.07 Å². The molecule has 22 heavy (non-hydrogen) atoms. The predicted molar refractivity (Wildman–Crippen MR) is 85.0 cm³/mol. The Balaban J connectivity index is 1.91. The van der Waals surface area contributed by atoms with Gasteiger partial charge in [-0.25, -0.2) is 4.79 Å². The molecule has 0 aromatic heterocycles. The number of amides is 2. The molecule has 0 N–H and O–H groups in total. The molecule has 0 spiro atoms. The van der Waals surface area contributed by atoms with Gasteiger partial charge in [0.05, 0.1) is 25.1 Å². The number of carbonyl (C=O) groups is 2. The molecule has 120 valence electrons. The number of benzene rings is 1. The number of hydrogen-bond donors (Lipinski definition) is 0. The molecule has 7 heteroatoms. The average Bonchev–Trinajstić information content (AvgIpc) is 2.54. The molecule has 1 saturated heterocycles. The highest BCUT2D eigenvalue weighted by Crippen LogP contribution is 2.25. The fourth-order valence-corrected chi connectivity index (χ4v) is 2.96. The van der Waals surface area contributed by atoms with Crippen molar-refractivity contribution in [1.29, 1.82) is 0 Å². The van der Waals surface area contributed by atoms with Gasteiger partial charge in [0.25, 0.3) is 0 Å². The van der Waals surface area contributed by atoms with E-state index in [0.717, 1.165) is 15.8 Å². The lowest BCUT2D eigenvalue weighted by molar-refractivity contribution is -0.132. The molecule has 1 heterocycles. The van der Waals surface area contributed by atoms with Crippen LogP contribution in [0.5, 0.6) is 5.75 Å². The highest BCUT2D eigenvalue weighted by atomic mass is 79.9. The lowest BCUT2D eigenvalue weighted by Crippen LogP contribution is -2.50. The summed E-state index contributed by atoms with van der Waals surface area (Å²) >= 11 is 3.42. The van der Waals surface area contributed by atoms with Crippen LogP contribution >= 0.6 is 15.9 Å². The highest BCUT2D eigenvalue weighted by molar-refractivity contribution is 9.10. The van der Waals surface area contributed by atoms with Crippen LogP contribution in [-0.2, 0) is 16.0 Å². The fraction of sp³-hybridized carbons (Fsp3) is 0.467. The zero-order chi connectivity index (χ0) is 16.1. The van der Waals surface area contributed by atoms with Crippen LogP contribution in [0.25, 0.3) is 0 Å². The number of hydrogen-bond acceptors (Lipinski definition) is 4. The van der Waals surface area contributed by atoms with Crippen molar-refractivity contribution in [2.24, 2.45) is 0 Å². The third-order valence-electron chi connectivity index (χ3n) is 3.64. The molecule has 2 rings (SSSR count). The predicted octanol–water partition coefficient (Wildman–Crippen LogP) is 1.91. The van der Waals surface area contributed by atoms with Gasteiger partial charge in [0.2, 0.25) is 5.91 Å². The van der Waals surface area contributed by atoms with E-state index in [-0.39, 0.29) is 12.0 Å². The Morgan fingerprint density at radius 1 is 1.14 bits per heavy atom. The second-order valence-corrected chi connectivity index (χ2v) is 5.84. The molecule has 1 aliphatic heterocycles. The fourth-order valence-electron chi connectivity index (χ4n) is 2.37. The summed E-state index contributed by atoms with van der Waals surface area (Å²) < 4.78 is 10.7. The van der Waals surface area contributed by atoms with E-state index in [0.29, 0.717) is 32.6 Å². The van der Waals surface area contributed by atoms with Crippen LogP contribution in [0.15, 0.2) is 22.7 Å². The number of carbonyl (C=O) groups excluding carboxylic acids is 2. The van der Waals surface area contributed by atoms with E-state index in [2.05, 4.69) is 20.7 Å². The Morgan fingerprint density at radius 3 is 2.32 bits per heavy atom. The van der Waals surface area contributed by atoms with Crippen LogP contribution in [0.4, 0.5) is 4.79 Å². The third kappa shape index (κ3) is 3.91. The summed E-state index contributed by atoms with van der Waals surface area (Å²) in [7, 11) is 2.97. The molecule has 0 aliphatic carbocycles. The molecule has 2 amide bonds. The summed E-state index contributed by atoms with van der Waals surface area (Å²) in [5.74, 6) is 0.796. The van der Waals surface area contributed by atoms with Crippen LogP contribution in [0.3, 0.4) is 0 Å². The van der Waals surface area contributed by atoms with Gasteiger partial charge in [-0.05, 0) is 33.6 Å². The van der Waals surface area contributed by atoms with E-state index in [4.69, 9.17) is 4.74 Å². The topological polar surface area (TPSA) is 59.1 Å². The van der Waals surface area contributed by atoms with E-state index in [1.54, 1.807) is 16.9 Å². The maximum Gasteiger partial charge on any atom is 0.409 e. The first-order valence-corrected chi connectivity index (χ1v) is 7.77. The van der Waals surface area contributed by atoms with Crippen LogP contribution in [-0.4, -0.2) is 62.2 Å². The minimum absolute atomic E-state index is 0.0570. The molecule has 1 aromatic carbocycles. The van der Waals surface area contributed by atoms with E-state index in [1.165, 1.54) is 7.11 Å². The zero-order valence-electron chi connectivity index (χ0n) is 12.7. The molecule has 1 fully saturated rings. The molecule has 0 bridgehead atoms. The molecule has 0 saturated carbocycles. The molecule has 6 nitrogen and oxygen atoms in total. The van der Waals surface area contributed by atoms with Gasteiger partial charge in [0.15, 0.2) is 0 Å². The number of rotatable bonds is 3. The lowest BCUT2D eigenvalue weighted by Gasteiger charge is -2.33. The first-order chi connectivity index (χ1) is 10.5. The van der Waals surface area contributed by atoms with Crippen molar-refractivity contribution in [1.82, 2.24) is 9.80 Å². The Bertz CT molecular complexity index is 556. The maximum absolute atomic E-state index is 12.3. The smallest absolute Gasteiger partial charge is 0.409 e. The lowest BCUT2D eigenvalue weighted by atomic mass is 10.1. The van der Waals surface area contributed by atoms with Crippen molar-refractivity contribution in [3.8, 4) is 5.75 Å². The van der Waals surface area contributed by atoms with Crippen molar-refractivity contribution >= 4 is 27.9 Å². The molecule has 0 radical (unpaired) electrons. The molecule has 0 atom stereocenters. The molecular weight excluding hydrogens is 352 g/mol. The van der Waals surface area contributed by atoms with Gasteiger partial charge in [0.1, 0.15) is 5.75 Å². The first-order valence-electron chi connectivity index (χ1n) is 6.98. The number of methoxy groups -OCH3 is 2. The van der Waals surface area contributed by atoms with Gasteiger partial charge < -0.3 is 19.3 Å². The number of nitrogens with zero attached hydrogens (tertiary/aromatic N) is 2. The number of piperazine rings is 1. The van der Waals surface area contributed by atoms with Gasteiger partial charge in [-0.2, -0.15) is 0 Å². The van der Waals surface area contributed by atoms with Crippen molar-refractivity contribution in [3.05, 3.63) is 28.2 Å². The summed E-state index contributed by atoms with van der Waals surface area (Å²) in [5, 5.41) is 0. The van der Waals surface area contributed by atoms with Crippen LogP contribution in [0, 0.1) is 0 Å². The van der Waals surface area contributed by atoms with Gasteiger partial charge in [0, 0.05) is 26.2 Å². The first kappa shape index (κ1) is 16.6. The Kier molecular flexibility index (Phi) is 5.65. The van der Waals surface area contributed by atoms with Crippen LogP contribution < -0.4 is 4.74 Å². The quantitative estimate of drug-likeness (QED) is 0.815. The van der Waals surface area contributed by atoms with Gasteiger partial charge in [-0.3, -0.25) is 4.79 Å². The van der Waals surface area contributed by atoms with Crippen molar-refractivity contribution in [3.63, 3.8) is 0 Å². The van der Waals surface area contributed by atoms with Crippen LogP contribution in [0.1, 0.15) is 5.56 Å². The molecule has 1 aromatic rings. The molecular formula is C15H19BrN2O4. The Hall–Kier alpha value is -1.76. The minimum Gasteiger partial charge on any atom is -0.496 e. The normalized spacial score (nSPS) is 14.7. The Morgan fingerprint density at radius 2 is 1.77 bits per heavy atom. The highest BCUT2D eigenvalue weighted by Gasteiger charge is 2.24. The summed E-state index contributed by atoms with van der Waals surface area (Å²) in [6, 6.07) is 5.61. The van der Waals surface area contributed by atoms with E-state index >= 15 is 0 Å². The van der Waals surface area contributed by atoms with Gasteiger partial charge >= 0.3 is 6.09 Å². The average molecular weight is 371 g/mol. The van der Waals surface area contributed by atoms with Crippen molar-refractivity contribution in [2.75, 3.05) is 40.4 Å². The van der Waals surface area contributed by atoms with Gasteiger partial charge in [-0.15, -0.1) is 0 Å². The standard InChI is InChI=1S/C15H19BrN2O4/c1-21-13-4-3-11(9-12(13)16)10-14(19)17-5-7-18(8-6-17)15(20)22-2/h3-4,9H,5-8,10H2,1-2H3. The second-order valence-electron chi connectivity index (χ2n) is 4.98. The number of halogens is 1. The van der Waals surface area contributed by atoms with Crippen LogP contribution in [0.2, 0.25) is 0 Å². The Labute approximate surface area is 138 Å². The maximum atomic E-state index is 12.3. The van der Waals surface area contributed by atoms with E-state index in [9.17, 15) is 9.59 Å². The van der Waals surface area contributed by atoms with Crippen molar-refractivity contribution in [2.45, 2.75) is 6.42 Å². The van der Waals surface area contributed by atoms with E-state index < -0.39 is 0 Å². The minimum atomic E-state index is -0.341. The summed E-state index contributed by atoms with van der Waals surface area (Å²) in [4.78, 5) is 27.1. The van der Waals surface area contributed by atoms with E-state index in [1.807, 2.05) is 18.2 Å². The van der Waals surface area contributed by atoms with Crippen molar-refractivity contribution < 1.29 is 19.1 Å².